The van der Waals surface area contributed by atoms with Gasteiger partial charge in [-0.05, 0) is 84.0 Å². The van der Waals surface area contributed by atoms with Crippen LogP contribution in [-0.2, 0) is 45.5 Å². The van der Waals surface area contributed by atoms with E-state index in [1.54, 1.807) is 48.2 Å². The molecule has 7 nitrogen and oxygen atoms in total. The molecule has 2 heterocycles. The molecule has 0 radical (unpaired) electrons. The summed E-state index contributed by atoms with van der Waals surface area (Å²) < 4.78 is 29.3. The molecule has 2 aliphatic heterocycles. The third-order valence-corrected chi connectivity index (χ3v) is 10.2. The first-order valence-electron chi connectivity index (χ1n) is 13.7. The monoisotopic (exact) mass is 599 g/mol. The van der Waals surface area contributed by atoms with Gasteiger partial charge in [0.1, 0.15) is 6.04 Å². The molecule has 0 saturated carbocycles. The van der Waals surface area contributed by atoms with Gasteiger partial charge in [-0.25, -0.2) is 8.42 Å². The Morgan fingerprint density at radius 3 is 2.43 bits per heavy atom. The summed E-state index contributed by atoms with van der Waals surface area (Å²) in [6, 6.07) is 24.8. The summed E-state index contributed by atoms with van der Waals surface area (Å²) in [7, 11) is -3.97. The highest BCUT2D eigenvalue weighted by molar-refractivity contribution is 7.89. The fraction of sp³-hybridized carbons (Fsp3) is 0.212. The van der Waals surface area contributed by atoms with Gasteiger partial charge in [0.05, 0.1) is 17.9 Å². The van der Waals surface area contributed by atoms with Gasteiger partial charge >= 0.3 is 0 Å². The van der Waals surface area contributed by atoms with Crippen molar-refractivity contribution in [3.8, 4) is 0 Å². The topological polar surface area (TPSA) is 86.8 Å². The predicted octanol–water partition coefficient (Wildman–Crippen LogP) is 5.80. The minimum Gasteiger partial charge on any atom is -0.325 e. The van der Waals surface area contributed by atoms with E-state index in [2.05, 4.69) is 5.32 Å². The molecule has 2 aliphatic rings. The predicted molar refractivity (Wildman–Crippen MR) is 164 cm³/mol. The highest BCUT2D eigenvalue weighted by Gasteiger charge is 2.40. The third-order valence-electron chi connectivity index (χ3n) is 7.98. The van der Waals surface area contributed by atoms with Crippen molar-refractivity contribution >= 4 is 44.8 Å². The minimum atomic E-state index is -3.97. The molecule has 0 aliphatic carbocycles. The zero-order valence-corrected chi connectivity index (χ0v) is 24.9. The summed E-state index contributed by atoms with van der Waals surface area (Å²) >= 11 is 6.17. The molecule has 214 valence electrons. The van der Waals surface area contributed by atoms with E-state index in [0.717, 1.165) is 33.5 Å². The van der Waals surface area contributed by atoms with Crippen molar-refractivity contribution in [1.29, 1.82) is 0 Å². The van der Waals surface area contributed by atoms with Gasteiger partial charge in [0.25, 0.3) is 0 Å². The van der Waals surface area contributed by atoms with E-state index in [1.807, 2.05) is 55.5 Å². The van der Waals surface area contributed by atoms with Gasteiger partial charge in [0.2, 0.25) is 21.8 Å². The van der Waals surface area contributed by atoms with Crippen molar-refractivity contribution < 1.29 is 18.0 Å². The number of fused-ring (bicyclic) bond motifs is 2. The molecule has 1 N–H and O–H groups in total. The Hall–Kier alpha value is -3.98. The Labute approximate surface area is 250 Å². The van der Waals surface area contributed by atoms with Crippen molar-refractivity contribution in [1.82, 2.24) is 4.31 Å². The molecule has 0 spiro atoms. The maximum Gasteiger partial charge on any atom is 0.244 e. The van der Waals surface area contributed by atoms with Gasteiger partial charge in [-0.3, -0.25) is 9.59 Å². The molecule has 0 saturated heterocycles. The van der Waals surface area contributed by atoms with E-state index in [1.165, 1.54) is 4.31 Å². The highest BCUT2D eigenvalue weighted by Crippen LogP contribution is 2.34. The maximum atomic E-state index is 14.0. The zero-order valence-electron chi connectivity index (χ0n) is 23.3. The molecule has 9 heteroatoms. The fourth-order valence-electron chi connectivity index (χ4n) is 5.69. The second-order valence-electron chi connectivity index (χ2n) is 10.9. The van der Waals surface area contributed by atoms with Crippen molar-refractivity contribution in [2.45, 2.75) is 50.7 Å². The average Bonchev–Trinajstić information content (AvgIpc) is 3.28. The number of halogens is 1. The molecule has 0 fully saturated rings. The number of carbonyl (C=O) groups excluding carboxylic acids is 2. The molecule has 1 atom stereocenters. The smallest absolute Gasteiger partial charge is 0.244 e. The van der Waals surface area contributed by atoms with E-state index in [-0.39, 0.29) is 23.8 Å². The van der Waals surface area contributed by atoms with Crippen LogP contribution in [0.1, 0.15) is 33.4 Å². The molecule has 2 amide bonds. The minimum absolute atomic E-state index is 0.00683. The Morgan fingerprint density at radius 2 is 1.67 bits per heavy atom. The quantitative estimate of drug-likeness (QED) is 0.303. The van der Waals surface area contributed by atoms with Crippen LogP contribution >= 0.6 is 11.6 Å². The zero-order chi connectivity index (χ0) is 29.6. The molecule has 4 aromatic carbocycles. The van der Waals surface area contributed by atoms with E-state index < -0.39 is 22.0 Å². The average molecular weight is 600 g/mol. The second-order valence-corrected chi connectivity index (χ2v) is 13.2. The molecule has 0 bridgehead atoms. The first-order valence-corrected chi connectivity index (χ1v) is 15.6. The van der Waals surface area contributed by atoms with Crippen LogP contribution < -0.4 is 10.2 Å². The second kappa shape index (κ2) is 11.0. The molecular weight excluding hydrogens is 570 g/mol. The van der Waals surface area contributed by atoms with E-state index in [4.69, 9.17) is 11.6 Å². The molecule has 0 aromatic heterocycles. The van der Waals surface area contributed by atoms with Crippen LogP contribution in [0, 0.1) is 13.8 Å². The number of anilines is 2. The lowest BCUT2D eigenvalue weighted by molar-refractivity contribution is -0.120. The number of amides is 2. The van der Waals surface area contributed by atoms with Crippen LogP contribution in [0.25, 0.3) is 0 Å². The number of aryl methyl sites for hydroxylation is 2. The van der Waals surface area contributed by atoms with Crippen LogP contribution in [0.5, 0.6) is 0 Å². The fourth-order valence-corrected chi connectivity index (χ4v) is 7.74. The Bertz CT molecular complexity index is 1820. The van der Waals surface area contributed by atoms with Gasteiger partial charge in [-0.1, -0.05) is 66.2 Å². The lowest BCUT2D eigenvalue weighted by atomic mass is 9.95. The number of benzene rings is 4. The lowest BCUT2D eigenvalue weighted by Crippen LogP contribution is -2.50. The molecular formula is C33H30ClN3O4S. The van der Waals surface area contributed by atoms with Gasteiger partial charge in [0, 0.05) is 22.9 Å². The Balaban J connectivity index is 1.24. The van der Waals surface area contributed by atoms with Crippen molar-refractivity contribution in [3.63, 3.8) is 0 Å². The number of hydrogen-bond acceptors (Lipinski definition) is 4. The van der Waals surface area contributed by atoms with E-state index in [0.29, 0.717) is 29.2 Å². The first kappa shape index (κ1) is 28.2. The van der Waals surface area contributed by atoms with Crippen molar-refractivity contribution in [3.05, 3.63) is 123 Å². The summed E-state index contributed by atoms with van der Waals surface area (Å²) in [5, 5.41) is 3.51. The van der Waals surface area contributed by atoms with Crippen molar-refractivity contribution in [2.24, 2.45) is 0 Å². The SMILES string of the molecule is Cc1ccc(C)c(S(=O)(=O)N2Cc3ccccc3CC2C(=O)Nc2ccc(CN3C(=O)Cc4ccc(Cl)cc43)cc2)c1. The number of sulfonamides is 1. The standard InChI is InChI=1S/C33H30ClN3O4S/c1-21-7-8-22(2)31(15-21)42(40,41)37-20-26-6-4-3-5-24(26)16-30(37)33(39)35-28-13-9-23(10-14-28)19-36-29-18-27(34)12-11-25(29)17-32(36)38/h3-15,18,30H,16-17,19-20H2,1-2H3,(H,35,39). The largest absolute Gasteiger partial charge is 0.325 e. The number of nitrogens with one attached hydrogen (secondary N) is 1. The molecule has 4 aromatic rings. The van der Waals surface area contributed by atoms with Gasteiger partial charge < -0.3 is 10.2 Å². The van der Waals surface area contributed by atoms with Gasteiger partial charge in [-0.15, -0.1) is 0 Å². The molecule has 6 rings (SSSR count). The van der Waals surface area contributed by atoms with E-state index in [9.17, 15) is 18.0 Å². The molecule has 42 heavy (non-hydrogen) atoms. The first-order chi connectivity index (χ1) is 20.1. The number of nitrogens with zero attached hydrogens (tertiary/aromatic N) is 2. The van der Waals surface area contributed by atoms with E-state index >= 15 is 0 Å². The van der Waals surface area contributed by atoms with Gasteiger partial charge in [0.15, 0.2) is 0 Å². The number of carbonyl (C=O) groups is 2. The van der Waals surface area contributed by atoms with Crippen LogP contribution in [0.15, 0.2) is 89.8 Å². The summed E-state index contributed by atoms with van der Waals surface area (Å²) in [6.45, 7) is 4.11. The Morgan fingerprint density at radius 1 is 0.929 bits per heavy atom. The van der Waals surface area contributed by atoms with Crippen LogP contribution in [0.4, 0.5) is 11.4 Å². The van der Waals surface area contributed by atoms with Crippen LogP contribution in [-0.4, -0.2) is 30.6 Å². The molecule has 1 unspecified atom stereocenters. The summed E-state index contributed by atoms with van der Waals surface area (Å²) in [5.41, 5.74) is 6.50. The normalized spacial score (nSPS) is 16.7. The summed E-state index contributed by atoms with van der Waals surface area (Å²) in [4.78, 5) is 28.3. The number of rotatable bonds is 6. The number of hydrogen-bond donors (Lipinski definition) is 1. The Kier molecular flexibility index (Phi) is 7.39. The highest BCUT2D eigenvalue weighted by atomic mass is 35.5. The summed E-state index contributed by atoms with van der Waals surface area (Å²) in [6.07, 6.45) is 0.607. The van der Waals surface area contributed by atoms with Crippen molar-refractivity contribution in [2.75, 3.05) is 10.2 Å². The van der Waals surface area contributed by atoms with Crippen LogP contribution in [0.3, 0.4) is 0 Å². The summed E-state index contributed by atoms with van der Waals surface area (Å²) in [5.74, 6) is -0.392. The maximum absolute atomic E-state index is 14.0. The van der Waals surface area contributed by atoms with Crippen LogP contribution in [0.2, 0.25) is 5.02 Å². The third kappa shape index (κ3) is 5.33. The van der Waals surface area contributed by atoms with Gasteiger partial charge in [-0.2, -0.15) is 4.31 Å². The lowest BCUT2D eigenvalue weighted by Gasteiger charge is -2.35.